The molecule has 4 fully saturated rings. The Kier molecular flexibility index (Phi) is 3.65. The first-order valence-corrected chi connectivity index (χ1v) is 8.34. The molecule has 19 heavy (non-hydrogen) atoms. The van der Waals surface area contributed by atoms with Gasteiger partial charge in [-0.25, -0.2) is 0 Å². The molecule has 0 radical (unpaired) electrons. The van der Waals surface area contributed by atoms with Crippen molar-refractivity contribution >= 4 is 0 Å². The summed E-state index contributed by atoms with van der Waals surface area (Å²) in [6.45, 7) is 5.83. The second-order valence-corrected chi connectivity index (χ2v) is 7.76. The molecule has 4 saturated heterocycles. The fraction of sp³-hybridized carbons (Fsp3) is 1.00. The molecule has 4 heterocycles. The minimum Gasteiger partial charge on any atom is -0.870 e. The van der Waals surface area contributed by atoms with Crippen molar-refractivity contribution in [1.29, 1.82) is 0 Å². The van der Waals surface area contributed by atoms with Gasteiger partial charge in [0.2, 0.25) is 0 Å². The first kappa shape index (κ1) is 13.8. The topological polar surface area (TPSA) is 33.2 Å². The minimum absolute atomic E-state index is 0. The standard InChI is InChI=1S/C16H29N2.H2O/c1-18-9-5-3-7-16(18)13-10-14(12-18)15-6-2-4-8-17(15)11-13;/h13-16H,2-12H2,1H3;1H2/q+1;/p-1/t13-,14-,15-,16+,18?;/m0./s1. The highest BCUT2D eigenvalue weighted by atomic mass is 16.0. The molecule has 0 amide bonds. The molecule has 0 spiro atoms. The Bertz CT molecular complexity index is 335. The monoisotopic (exact) mass is 266 g/mol. The van der Waals surface area contributed by atoms with Gasteiger partial charge in [-0.15, -0.1) is 0 Å². The molecule has 3 heteroatoms. The van der Waals surface area contributed by atoms with Crippen LogP contribution in [0.4, 0.5) is 0 Å². The molecule has 0 aromatic rings. The molecule has 5 atom stereocenters. The van der Waals surface area contributed by atoms with Crippen LogP contribution in [0, 0.1) is 11.8 Å². The Hall–Kier alpha value is -0.120. The summed E-state index contributed by atoms with van der Waals surface area (Å²) >= 11 is 0. The van der Waals surface area contributed by atoms with Crippen LogP contribution in [0.3, 0.4) is 0 Å². The second-order valence-electron chi connectivity index (χ2n) is 7.76. The quantitative estimate of drug-likeness (QED) is 0.630. The average Bonchev–Trinajstić information content (AvgIpc) is 2.38. The van der Waals surface area contributed by atoms with Crippen molar-refractivity contribution < 1.29 is 9.96 Å². The van der Waals surface area contributed by atoms with Gasteiger partial charge in [-0.3, -0.25) is 4.90 Å². The Balaban J connectivity index is 0.00000110. The summed E-state index contributed by atoms with van der Waals surface area (Å²) in [6, 6.07) is 1.98. The number of piperidine rings is 4. The van der Waals surface area contributed by atoms with E-state index < -0.39 is 0 Å². The molecule has 0 aromatic carbocycles. The van der Waals surface area contributed by atoms with Gasteiger partial charge in [0, 0.05) is 24.4 Å². The molecule has 0 saturated carbocycles. The van der Waals surface area contributed by atoms with Crippen molar-refractivity contribution in [3.8, 4) is 0 Å². The van der Waals surface area contributed by atoms with Gasteiger partial charge in [-0.05, 0) is 45.1 Å². The third-order valence-electron chi connectivity index (χ3n) is 6.70. The SMILES string of the molecule is C[N+]12CCCC[C@@H]1[C@H]1C[C@@H](C2)[C@@H]2CCCCN2C1.[OH-]. The normalized spacial score (nSPS) is 49.7. The minimum atomic E-state index is 0. The molecule has 0 aromatic heterocycles. The number of nitrogens with zero attached hydrogens (tertiary/aromatic N) is 2. The van der Waals surface area contributed by atoms with Gasteiger partial charge in [0.05, 0.1) is 26.2 Å². The van der Waals surface area contributed by atoms with Gasteiger partial charge in [-0.2, -0.15) is 0 Å². The van der Waals surface area contributed by atoms with Crippen molar-refractivity contribution in [1.82, 2.24) is 4.90 Å². The summed E-state index contributed by atoms with van der Waals surface area (Å²) < 4.78 is 1.44. The van der Waals surface area contributed by atoms with E-state index in [1.54, 1.807) is 6.42 Å². The lowest BCUT2D eigenvalue weighted by molar-refractivity contribution is -0.951. The Morgan fingerprint density at radius 3 is 2.74 bits per heavy atom. The molecule has 3 nitrogen and oxygen atoms in total. The lowest BCUT2D eigenvalue weighted by Crippen LogP contribution is -2.70. The largest absolute Gasteiger partial charge is 0.870 e. The summed E-state index contributed by atoms with van der Waals surface area (Å²) in [5.41, 5.74) is 0. The van der Waals surface area contributed by atoms with E-state index in [9.17, 15) is 0 Å². The molecule has 1 N–H and O–H groups in total. The highest BCUT2D eigenvalue weighted by molar-refractivity contribution is 4.96. The van der Waals surface area contributed by atoms with Crippen LogP contribution in [-0.4, -0.2) is 60.2 Å². The maximum atomic E-state index is 2.89. The molecule has 4 rings (SSSR count). The number of rotatable bonds is 0. The van der Waals surface area contributed by atoms with Crippen molar-refractivity contribution in [3.63, 3.8) is 0 Å². The van der Waals surface area contributed by atoms with Crippen LogP contribution in [0.5, 0.6) is 0 Å². The van der Waals surface area contributed by atoms with Crippen molar-refractivity contribution in [2.75, 3.05) is 33.2 Å². The summed E-state index contributed by atoms with van der Waals surface area (Å²) in [5.74, 6) is 2.06. The van der Waals surface area contributed by atoms with Gasteiger partial charge in [0.1, 0.15) is 0 Å². The van der Waals surface area contributed by atoms with Crippen LogP contribution in [0.1, 0.15) is 44.9 Å². The predicted molar refractivity (Wildman–Crippen MR) is 76.3 cm³/mol. The first-order chi connectivity index (χ1) is 8.76. The molecule has 4 aliphatic rings. The third-order valence-corrected chi connectivity index (χ3v) is 6.70. The van der Waals surface area contributed by atoms with Crippen molar-refractivity contribution in [2.45, 2.75) is 57.0 Å². The van der Waals surface area contributed by atoms with Gasteiger partial charge in [0.25, 0.3) is 0 Å². The van der Waals surface area contributed by atoms with Crippen LogP contribution < -0.4 is 0 Å². The van der Waals surface area contributed by atoms with Gasteiger partial charge >= 0.3 is 0 Å². The molecule has 1 unspecified atom stereocenters. The van der Waals surface area contributed by atoms with E-state index in [0.29, 0.717) is 0 Å². The summed E-state index contributed by atoms with van der Waals surface area (Å²) in [7, 11) is 2.58. The summed E-state index contributed by atoms with van der Waals surface area (Å²) in [4.78, 5) is 2.89. The van der Waals surface area contributed by atoms with E-state index in [1.807, 2.05) is 0 Å². The van der Waals surface area contributed by atoms with Gasteiger partial charge < -0.3 is 9.96 Å². The average molecular weight is 266 g/mol. The van der Waals surface area contributed by atoms with E-state index in [1.165, 1.54) is 69.2 Å². The molecule has 4 aliphatic heterocycles. The second kappa shape index (κ2) is 5.01. The Labute approximate surface area is 117 Å². The molecule has 110 valence electrons. The highest BCUT2D eigenvalue weighted by Gasteiger charge is 2.53. The zero-order chi connectivity index (χ0) is 12.2. The zero-order valence-corrected chi connectivity index (χ0v) is 12.4. The molecular formula is C16H30N2O. The number of fused-ring (bicyclic) bond motifs is 6. The Morgan fingerprint density at radius 2 is 1.84 bits per heavy atom. The van der Waals surface area contributed by atoms with E-state index in [2.05, 4.69) is 11.9 Å². The van der Waals surface area contributed by atoms with Crippen LogP contribution in [-0.2, 0) is 0 Å². The van der Waals surface area contributed by atoms with Crippen LogP contribution >= 0.6 is 0 Å². The van der Waals surface area contributed by atoms with Crippen molar-refractivity contribution in [3.05, 3.63) is 0 Å². The smallest absolute Gasteiger partial charge is 0.0929 e. The Morgan fingerprint density at radius 1 is 1.00 bits per heavy atom. The molecule has 0 aliphatic carbocycles. The number of hydrogen-bond donors (Lipinski definition) is 0. The van der Waals surface area contributed by atoms with Crippen LogP contribution in [0.25, 0.3) is 0 Å². The van der Waals surface area contributed by atoms with Crippen LogP contribution in [0.15, 0.2) is 0 Å². The lowest BCUT2D eigenvalue weighted by atomic mass is 9.70. The van der Waals surface area contributed by atoms with E-state index in [4.69, 9.17) is 0 Å². The zero-order valence-electron chi connectivity index (χ0n) is 12.4. The van der Waals surface area contributed by atoms with Gasteiger partial charge in [-0.1, -0.05) is 6.42 Å². The number of hydrogen-bond acceptors (Lipinski definition) is 2. The summed E-state index contributed by atoms with van der Waals surface area (Å²) in [5, 5.41) is 0. The number of quaternary nitrogens is 1. The van der Waals surface area contributed by atoms with E-state index >= 15 is 0 Å². The van der Waals surface area contributed by atoms with E-state index in [0.717, 1.165) is 23.9 Å². The lowest BCUT2D eigenvalue weighted by Gasteiger charge is -2.60. The fourth-order valence-electron chi connectivity index (χ4n) is 5.99. The molecule has 2 bridgehead atoms. The maximum absolute atomic E-state index is 2.89. The predicted octanol–water partition coefficient (Wildman–Crippen LogP) is 2.31. The third kappa shape index (κ3) is 2.14. The van der Waals surface area contributed by atoms with Crippen molar-refractivity contribution in [2.24, 2.45) is 11.8 Å². The molecular weight excluding hydrogens is 236 g/mol. The summed E-state index contributed by atoms with van der Waals surface area (Å²) in [6.07, 6.45) is 10.5. The van der Waals surface area contributed by atoms with Crippen LogP contribution in [0.2, 0.25) is 0 Å². The van der Waals surface area contributed by atoms with E-state index in [-0.39, 0.29) is 5.48 Å². The van der Waals surface area contributed by atoms with Gasteiger partial charge in [0.15, 0.2) is 0 Å². The highest BCUT2D eigenvalue weighted by Crippen LogP contribution is 2.45. The first-order valence-electron chi connectivity index (χ1n) is 8.34. The maximum Gasteiger partial charge on any atom is 0.0929 e. The fourth-order valence-corrected chi connectivity index (χ4v) is 5.99.